The van der Waals surface area contributed by atoms with Crippen molar-refractivity contribution in [3.8, 4) is 5.82 Å². The molecule has 0 aromatic carbocycles. The highest BCUT2D eigenvalue weighted by Gasteiger charge is 2.07. The molecule has 0 saturated carbocycles. The van der Waals surface area contributed by atoms with Crippen molar-refractivity contribution in [2.45, 2.75) is 25.3 Å². The Bertz CT molecular complexity index is 595. The van der Waals surface area contributed by atoms with E-state index in [0.29, 0.717) is 18.0 Å². The summed E-state index contributed by atoms with van der Waals surface area (Å²) < 4.78 is 6.34. The first-order valence-electron chi connectivity index (χ1n) is 6.17. The summed E-state index contributed by atoms with van der Waals surface area (Å²) >= 11 is 1.47. The maximum Gasteiger partial charge on any atom is 0.306 e. The molecular formula is C13H16N4O2S. The van der Waals surface area contributed by atoms with Crippen LogP contribution in [0.15, 0.2) is 23.2 Å². The lowest BCUT2D eigenvalue weighted by Gasteiger charge is -2.03. The fourth-order valence-corrected chi connectivity index (χ4v) is 2.45. The average molecular weight is 292 g/mol. The standard InChI is InChI=1S/C13H16N4O2S/c1-9-8-10(2)17(16-9)11-4-5-12(15-14-11)20-7-6-13(18)19-3/h4-5,8H,6-7H2,1-3H3. The summed E-state index contributed by atoms with van der Waals surface area (Å²) in [4.78, 5) is 11.0. The first kappa shape index (κ1) is 14.5. The number of rotatable bonds is 5. The number of hydrogen-bond donors (Lipinski definition) is 0. The van der Waals surface area contributed by atoms with E-state index in [1.807, 2.05) is 32.0 Å². The lowest BCUT2D eigenvalue weighted by Crippen LogP contribution is -2.04. The van der Waals surface area contributed by atoms with E-state index in [9.17, 15) is 4.79 Å². The molecule has 0 radical (unpaired) electrons. The van der Waals surface area contributed by atoms with Crippen LogP contribution in [-0.2, 0) is 9.53 Å². The summed E-state index contributed by atoms with van der Waals surface area (Å²) in [5.74, 6) is 1.10. The minimum atomic E-state index is -0.218. The van der Waals surface area contributed by atoms with Crippen LogP contribution in [0.3, 0.4) is 0 Å². The number of thioether (sulfide) groups is 1. The summed E-state index contributed by atoms with van der Waals surface area (Å²) in [7, 11) is 1.38. The molecule has 0 saturated heterocycles. The van der Waals surface area contributed by atoms with Gasteiger partial charge in [0, 0.05) is 11.4 Å². The van der Waals surface area contributed by atoms with Crippen LogP contribution in [0.5, 0.6) is 0 Å². The van der Waals surface area contributed by atoms with Gasteiger partial charge in [0.25, 0.3) is 0 Å². The molecule has 0 N–H and O–H groups in total. The van der Waals surface area contributed by atoms with Gasteiger partial charge in [-0.25, -0.2) is 4.68 Å². The molecule has 7 heteroatoms. The van der Waals surface area contributed by atoms with E-state index in [1.54, 1.807) is 4.68 Å². The largest absolute Gasteiger partial charge is 0.469 e. The van der Waals surface area contributed by atoms with Crippen molar-refractivity contribution in [1.29, 1.82) is 0 Å². The summed E-state index contributed by atoms with van der Waals surface area (Å²) in [6.45, 7) is 3.91. The number of hydrogen-bond acceptors (Lipinski definition) is 6. The molecule has 0 aliphatic carbocycles. The van der Waals surface area contributed by atoms with Gasteiger partial charge in [0.05, 0.1) is 19.2 Å². The molecule has 0 atom stereocenters. The number of carbonyl (C=O) groups excluding carboxylic acids is 1. The molecule has 0 spiro atoms. The quantitative estimate of drug-likeness (QED) is 0.619. The van der Waals surface area contributed by atoms with Crippen molar-refractivity contribution in [1.82, 2.24) is 20.0 Å². The molecule has 0 fully saturated rings. The lowest BCUT2D eigenvalue weighted by atomic mass is 10.4. The second-order valence-electron chi connectivity index (χ2n) is 4.24. The highest BCUT2D eigenvalue weighted by atomic mass is 32.2. The molecule has 20 heavy (non-hydrogen) atoms. The van der Waals surface area contributed by atoms with Crippen molar-refractivity contribution in [3.63, 3.8) is 0 Å². The number of esters is 1. The van der Waals surface area contributed by atoms with Gasteiger partial charge >= 0.3 is 5.97 Å². The van der Waals surface area contributed by atoms with Gasteiger partial charge in [-0.3, -0.25) is 4.79 Å². The van der Waals surface area contributed by atoms with Gasteiger partial charge in [-0.15, -0.1) is 22.0 Å². The van der Waals surface area contributed by atoms with E-state index < -0.39 is 0 Å². The van der Waals surface area contributed by atoms with E-state index in [2.05, 4.69) is 20.0 Å². The topological polar surface area (TPSA) is 69.9 Å². The Morgan fingerprint density at radius 3 is 2.70 bits per heavy atom. The van der Waals surface area contributed by atoms with E-state index in [-0.39, 0.29) is 5.97 Å². The first-order valence-corrected chi connectivity index (χ1v) is 7.15. The molecule has 6 nitrogen and oxygen atoms in total. The Hall–Kier alpha value is -1.89. The van der Waals surface area contributed by atoms with Gasteiger partial charge in [-0.2, -0.15) is 5.10 Å². The second-order valence-corrected chi connectivity index (χ2v) is 5.36. The van der Waals surface area contributed by atoms with Gasteiger partial charge in [-0.05, 0) is 32.0 Å². The van der Waals surface area contributed by atoms with Gasteiger partial charge in [0.1, 0.15) is 5.03 Å². The maximum atomic E-state index is 11.0. The zero-order chi connectivity index (χ0) is 14.5. The van der Waals surface area contributed by atoms with Crippen LogP contribution in [0.4, 0.5) is 0 Å². The fourth-order valence-electron chi connectivity index (χ4n) is 1.70. The van der Waals surface area contributed by atoms with Crippen molar-refractivity contribution in [2.24, 2.45) is 0 Å². The van der Waals surface area contributed by atoms with Crippen molar-refractivity contribution >= 4 is 17.7 Å². The highest BCUT2D eigenvalue weighted by Crippen LogP contribution is 2.17. The Kier molecular flexibility index (Phi) is 4.73. The van der Waals surface area contributed by atoms with E-state index in [1.165, 1.54) is 18.9 Å². The third-order valence-electron chi connectivity index (χ3n) is 2.64. The van der Waals surface area contributed by atoms with E-state index >= 15 is 0 Å². The number of ether oxygens (including phenoxy) is 1. The predicted molar refractivity (Wildman–Crippen MR) is 76.0 cm³/mol. The van der Waals surface area contributed by atoms with Crippen LogP contribution >= 0.6 is 11.8 Å². The summed E-state index contributed by atoms with van der Waals surface area (Å²) in [5.41, 5.74) is 1.96. The van der Waals surface area contributed by atoms with Crippen molar-refractivity contribution in [2.75, 3.05) is 12.9 Å². The summed E-state index contributed by atoms with van der Waals surface area (Å²) in [6.07, 6.45) is 0.363. The molecule has 0 unspecified atom stereocenters. The smallest absolute Gasteiger partial charge is 0.306 e. The normalized spacial score (nSPS) is 10.6. The number of methoxy groups -OCH3 is 1. The third-order valence-corrected chi connectivity index (χ3v) is 3.56. The highest BCUT2D eigenvalue weighted by molar-refractivity contribution is 7.99. The predicted octanol–water partition coefficient (Wildman–Crippen LogP) is 1.93. The molecule has 0 aliphatic rings. The zero-order valence-corrected chi connectivity index (χ0v) is 12.5. The molecule has 2 heterocycles. The van der Waals surface area contributed by atoms with Crippen molar-refractivity contribution in [3.05, 3.63) is 29.6 Å². The zero-order valence-electron chi connectivity index (χ0n) is 11.7. The van der Waals surface area contributed by atoms with Gasteiger partial charge in [0.2, 0.25) is 0 Å². The number of aryl methyl sites for hydroxylation is 2. The second kappa shape index (κ2) is 6.51. The van der Waals surface area contributed by atoms with E-state index in [0.717, 1.165) is 16.4 Å². The third kappa shape index (κ3) is 3.57. The molecule has 2 aromatic rings. The molecule has 0 aliphatic heterocycles. The fraction of sp³-hybridized carbons (Fsp3) is 0.385. The molecule has 2 aromatic heterocycles. The Morgan fingerprint density at radius 1 is 1.35 bits per heavy atom. The van der Waals surface area contributed by atoms with Crippen LogP contribution in [0, 0.1) is 13.8 Å². The minimum Gasteiger partial charge on any atom is -0.469 e. The lowest BCUT2D eigenvalue weighted by molar-refractivity contribution is -0.140. The van der Waals surface area contributed by atoms with Crippen LogP contribution in [0.25, 0.3) is 5.82 Å². The Balaban J connectivity index is 2.00. The van der Waals surface area contributed by atoms with Crippen LogP contribution in [0.2, 0.25) is 0 Å². The number of carbonyl (C=O) groups is 1. The van der Waals surface area contributed by atoms with E-state index in [4.69, 9.17) is 0 Å². The van der Waals surface area contributed by atoms with Crippen LogP contribution < -0.4 is 0 Å². The van der Waals surface area contributed by atoms with Crippen molar-refractivity contribution < 1.29 is 9.53 Å². The van der Waals surface area contributed by atoms with Crippen LogP contribution in [-0.4, -0.2) is 38.8 Å². The maximum absolute atomic E-state index is 11.0. The number of aromatic nitrogens is 4. The summed E-state index contributed by atoms with van der Waals surface area (Å²) in [6, 6.07) is 5.73. The molecule has 0 bridgehead atoms. The molecular weight excluding hydrogens is 276 g/mol. The van der Waals surface area contributed by atoms with Gasteiger partial charge < -0.3 is 4.74 Å². The molecule has 106 valence electrons. The molecule has 0 amide bonds. The minimum absolute atomic E-state index is 0.218. The Labute approximate surface area is 121 Å². The van der Waals surface area contributed by atoms with Gasteiger partial charge in [-0.1, -0.05) is 0 Å². The SMILES string of the molecule is COC(=O)CCSc1ccc(-n2nc(C)cc2C)nn1. The van der Waals surface area contributed by atoms with Gasteiger partial charge in [0.15, 0.2) is 5.82 Å². The molecule has 2 rings (SSSR count). The average Bonchev–Trinajstić information content (AvgIpc) is 2.78. The monoisotopic (exact) mass is 292 g/mol. The summed E-state index contributed by atoms with van der Waals surface area (Å²) in [5, 5.41) is 13.4. The first-order chi connectivity index (χ1) is 9.60. The number of nitrogens with zero attached hydrogens (tertiary/aromatic N) is 4. The van der Waals surface area contributed by atoms with Crippen LogP contribution in [0.1, 0.15) is 17.8 Å². The Morgan fingerprint density at radius 2 is 2.15 bits per heavy atom.